The summed E-state index contributed by atoms with van der Waals surface area (Å²) in [5.74, 6) is 0.719. The maximum Gasteiger partial charge on any atom is 0.226 e. The zero-order valence-corrected chi connectivity index (χ0v) is 15.2. The second kappa shape index (κ2) is 9.42. The topological polar surface area (TPSA) is 84.7 Å². The van der Waals surface area contributed by atoms with Gasteiger partial charge >= 0.3 is 0 Å². The largest absolute Gasteiger partial charge is 0.493 e. The average molecular weight is 347 g/mol. The van der Waals surface area contributed by atoms with Gasteiger partial charge < -0.3 is 20.7 Å². The third-order valence-electron chi connectivity index (χ3n) is 4.49. The number of ether oxygens (including phenoxy) is 1. The van der Waals surface area contributed by atoms with Gasteiger partial charge in [-0.2, -0.15) is 0 Å². The highest BCUT2D eigenvalue weighted by Gasteiger charge is 2.27. The molecule has 1 heterocycles. The van der Waals surface area contributed by atoms with E-state index in [1.165, 1.54) is 5.56 Å². The predicted molar refractivity (Wildman–Crippen MR) is 97.4 cm³/mol. The van der Waals surface area contributed by atoms with Crippen LogP contribution in [0.3, 0.4) is 0 Å². The molecule has 1 aromatic rings. The van der Waals surface area contributed by atoms with E-state index in [0.29, 0.717) is 39.2 Å². The molecule has 0 spiro atoms. The molecule has 0 saturated carbocycles. The van der Waals surface area contributed by atoms with Gasteiger partial charge in [-0.05, 0) is 38.3 Å². The van der Waals surface area contributed by atoms with Gasteiger partial charge in [0.2, 0.25) is 11.8 Å². The maximum atomic E-state index is 12.4. The van der Waals surface area contributed by atoms with Crippen LogP contribution >= 0.6 is 0 Å². The molecule has 0 bridgehead atoms. The van der Waals surface area contributed by atoms with Gasteiger partial charge in [0.05, 0.1) is 18.9 Å². The molecule has 6 heteroatoms. The monoisotopic (exact) mass is 347 g/mol. The first-order chi connectivity index (χ1) is 12.0. The van der Waals surface area contributed by atoms with E-state index in [1.54, 1.807) is 4.90 Å². The van der Waals surface area contributed by atoms with Gasteiger partial charge in [0.25, 0.3) is 0 Å². The lowest BCUT2D eigenvalue weighted by atomic mass is 9.97. The van der Waals surface area contributed by atoms with Gasteiger partial charge in [0.1, 0.15) is 5.75 Å². The van der Waals surface area contributed by atoms with E-state index in [9.17, 15) is 9.59 Å². The smallest absolute Gasteiger partial charge is 0.226 e. The van der Waals surface area contributed by atoms with Crippen LogP contribution in [-0.4, -0.2) is 49.5 Å². The van der Waals surface area contributed by atoms with Gasteiger partial charge in [-0.1, -0.05) is 17.7 Å². The third kappa shape index (κ3) is 5.74. The van der Waals surface area contributed by atoms with Crippen molar-refractivity contribution >= 4 is 11.8 Å². The summed E-state index contributed by atoms with van der Waals surface area (Å²) in [5.41, 5.74) is 7.67. The third-order valence-corrected chi connectivity index (χ3v) is 4.49. The first-order valence-electron chi connectivity index (χ1n) is 8.97. The summed E-state index contributed by atoms with van der Waals surface area (Å²) in [6.45, 7) is 6.49. The van der Waals surface area contributed by atoms with Gasteiger partial charge in [0.15, 0.2) is 0 Å². The number of nitrogens with two attached hydrogens (primary N) is 1. The molecule has 1 atom stereocenters. The van der Waals surface area contributed by atoms with Crippen molar-refractivity contribution in [2.75, 3.05) is 32.8 Å². The Kier molecular flexibility index (Phi) is 7.25. The number of carbonyl (C=O) groups excluding carboxylic acids is 2. The molecule has 2 rings (SSSR count). The summed E-state index contributed by atoms with van der Waals surface area (Å²) in [5, 5.41) is 2.81. The number of rotatable bonds is 7. The number of hydrogen-bond acceptors (Lipinski definition) is 4. The molecule has 2 amide bonds. The van der Waals surface area contributed by atoms with Crippen LogP contribution in [0.25, 0.3) is 0 Å². The molecular weight excluding hydrogens is 318 g/mol. The van der Waals surface area contributed by atoms with Crippen molar-refractivity contribution in [2.45, 2.75) is 33.1 Å². The van der Waals surface area contributed by atoms with Crippen molar-refractivity contribution in [3.63, 3.8) is 0 Å². The molecule has 1 aromatic carbocycles. The summed E-state index contributed by atoms with van der Waals surface area (Å²) < 4.78 is 5.74. The highest BCUT2D eigenvalue weighted by Crippen LogP contribution is 2.20. The SMILES string of the molecule is Cc1ccc(OCCC(=O)N2CCCC(C(=O)NCCN)C2)c(C)c1. The van der Waals surface area contributed by atoms with Crippen molar-refractivity contribution in [1.82, 2.24) is 10.2 Å². The molecule has 0 aromatic heterocycles. The average Bonchev–Trinajstić information content (AvgIpc) is 2.61. The Bertz CT molecular complexity index is 604. The van der Waals surface area contributed by atoms with E-state index < -0.39 is 0 Å². The van der Waals surface area contributed by atoms with E-state index >= 15 is 0 Å². The highest BCUT2D eigenvalue weighted by molar-refractivity contribution is 5.81. The Morgan fingerprint density at radius 2 is 2.16 bits per heavy atom. The second-order valence-electron chi connectivity index (χ2n) is 6.63. The van der Waals surface area contributed by atoms with Crippen molar-refractivity contribution in [1.29, 1.82) is 0 Å². The Labute approximate surface area is 149 Å². The summed E-state index contributed by atoms with van der Waals surface area (Å²) in [6.07, 6.45) is 1.99. The van der Waals surface area contributed by atoms with Crippen molar-refractivity contribution in [3.8, 4) is 5.75 Å². The molecule has 138 valence electrons. The van der Waals surface area contributed by atoms with Crippen LogP contribution in [0.1, 0.15) is 30.4 Å². The Hall–Kier alpha value is -2.08. The fourth-order valence-electron chi connectivity index (χ4n) is 3.13. The fraction of sp³-hybridized carbons (Fsp3) is 0.579. The minimum absolute atomic E-state index is 0.00511. The van der Waals surface area contributed by atoms with Gasteiger partial charge in [-0.25, -0.2) is 0 Å². The van der Waals surface area contributed by atoms with Crippen LogP contribution in [0.2, 0.25) is 0 Å². The van der Waals surface area contributed by atoms with E-state index in [2.05, 4.69) is 11.4 Å². The molecule has 1 aliphatic rings. The fourth-order valence-corrected chi connectivity index (χ4v) is 3.13. The molecule has 1 fully saturated rings. The van der Waals surface area contributed by atoms with Crippen LogP contribution in [-0.2, 0) is 9.59 Å². The summed E-state index contributed by atoms with van der Waals surface area (Å²) >= 11 is 0. The van der Waals surface area contributed by atoms with Crippen LogP contribution in [0.5, 0.6) is 5.75 Å². The standard InChI is InChI=1S/C19H29N3O3/c1-14-5-6-17(15(2)12-14)25-11-7-18(23)22-10-3-4-16(13-22)19(24)21-9-8-20/h5-6,12,16H,3-4,7-11,13,20H2,1-2H3,(H,21,24). The molecular formula is C19H29N3O3. The number of piperidine rings is 1. The molecule has 25 heavy (non-hydrogen) atoms. The van der Waals surface area contributed by atoms with Crippen molar-refractivity contribution in [3.05, 3.63) is 29.3 Å². The molecule has 0 aliphatic carbocycles. The van der Waals surface area contributed by atoms with Crippen LogP contribution < -0.4 is 15.8 Å². The van der Waals surface area contributed by atoms with E-state index in [-0.39, 0.29) is 17.7 Å². The lowest BCUT2D eigenvalue weighted by molar-refractivity contribution is -0.136. The van der Waals surface area contributed by atoms with Gasteiger partial charge in [-0.15, -0.1) is 0 Å². The number of amides is 2. The summed E-state index contributed by atoms with van der Waals surface area (Å²) in [7, 11) is 0. The number of carbonyl (C=O) groups is 2. The van der Waals surface area contributed by atoms with Crippen LogP contribution in [0.4, 0.5) is 0 Å². The van der Waals surface area contributed by atoms with Crippen LogP contribution in [0, 0.1) is 19.8 Å². The van der Waals surface area contributed by atoms with Gasteiger partial charge in [0, 0.05) is 26.2 Å². The maximum absolute atomic E-state index is 12.4. The van der Waals surface area contributed by atoms with Crippen molar-refractivity contribution in [2.24, 2.45) is 11.7 Å². The number of benzene rings is 1. The van der Waals surface area contributed by atoms with Crippen LogP contribution in [0.15, 0.2) is 18.2 Å². The number of nitrogens with zero attached hydrogens (tertiary/aromatic N) is 1. The zero-order valence-electron chi connectivity index (χ0n) is 15.2. The lowest BCUT2D eigenvalue weighted by Gasteiger charge is -2.32. The summed E-state index contributed by atoms with van der Waals surface area (Å²) in [4.78, 5) is 26.2. The molecule has 3 N–H and O–H groups in total. The quantitative estimate of drug-likeness (QED) is 0.780. The molecule has 1 saturated heterocycles. The van der Waals surface area contributed by atoms with Gasteiger partial charge in [-0.3, -0.25) is 9.59 Å². The number of nitrogens with one attached hydrogen (secondary N) is 1. The predicted octanol–water partition coefficient (Wildman–Crippen LogP) is 1.39. The molecule has 0 radical (unpaired) electrons. The Morgan fingerprint density at radius 1 is 1.36 bits per heavy atom. The van der Waals surface area contributed by atoms with E-state index in [1.807, 2.05) is 26.0 Å². The number of hydrogen-bond donors (Lipinski definition) is 2. The normalized spacial score (nSPS) is 17.2. The molecule has 1 unspecified atom stereocenters. The highest BCUT2D eigenvalue weighted by atomic mass is 16.5. The Balaban J connectivity index is 1.79. The zero-order chi connectivity index (χ0) is 18.2. The summed E-state index contributed by atoms with van der Waals surface area (Å²) in [6, 6.07) is 6.00. The second-order valence-corrected chi connectivity index (χ2v) is 6.63. The minimum atomic E-state index is -0.135. The van der Waals surface area contributed by atoms with Crippen molar-refractivity contribution < 1.29 is 14.3 Å². The minimum Gasteiger partial charge on any atom is -0.493 e. The Morgan fingerprint density at radius 3 is 2.88 bits per heavy atom. The number of likely N-dealkylation sites (tertiary alicyclic amines) is 1. The number of aryl methyl sites for hydroxylation is 2. The molecule has 1 aliphatic heterocycles. The van der Waals surface area contributed by atoms with E-state index in [0.717, 1.165) is 24.2 Å². The molecule has 6 nitrogen and oxygen atoms in total. The first-order valence-corrected chi connectivity index (χ1v) is 8.97. The van der Waals surface area contributed by atoms with E-state index in [4.69, 9.17) is 10.5 Å². The lowest BCUT2D eigenvalue weighted by Crippen LogP contribution is -2.46. The first kappa shape index (κ1) is 19.2.